The minimum Gasteiger partial charge on any atom is -0.309 e. The molecule has 1 heterocycles. The number of aromatic nitrogens is 1. The molecule has 0 radical (unpaired) electrons. The standard InChI is InChI=1S/C29H20N4O4/c34-32(35)25-17-15-24(16-18-25)31-28(21-9-3-1-4-10-21)19-23(29(31)22-11-5-2-6-12-22)20-30-26-13-7-8-14-27(26)33(36)37/h1-20H. The number of non-ortho nitro benzene ring substituents is 1. The molecule has 1 aromatic heterocycles. The van der Waals surface area contributed by atoms with Gasteiger partial charge in [0.25, 0.3) is 11.4 Å². The Labute approximate surface area is 212 Å². The molecule has 0 fully saturated rings. The predicted molar refractivity (Wildman–Crippen MR) is 144 cm³/mol. The summed E-state index contributed by atoms with van der Waals surface area (Å²) in [6, 6.07) is 34.1. The van der Waals surface area contributed by atoms with Crippen LogP contribution in [0.5, 0.6) is 0 Å². The molecule has 0 saturated carbocycles. The van der Waals surface area contributed by atoms with Crippen LogP contribution < -0.4 is 0 Å². The zero-order valence-electron chi connectivity index (χ0n) is 19.5. The van der Waals surface area contributed by atoms with Gasteiger partial charge in [0.05, 0.1) is 21.2 Å². The summed E-state index contributed by atoms with van der Waals surface area (Å²) in [5, 5.41) is 22.8. The molecule has 4 aromatic carbocycles. The van der Waals surface area contributed by atoms with Crippen molar-refractivity contribution in [1.29, 1.82) is 0 Å². The zero-order valence-corrected chi connectivity index (χ0v) is 19.5. The fourth-order valence-electron chi connectivity index (χ4n) is 4.20. The molecule has 37 heavy (non-hydrogen) atoms. The van der Waals surface area contributed by atoms with Gasteiger partial charge in [0.1, 0.15) is 5.69 Å². The van der Waals surface area contributed by atoms with Crippen LogP contribution in [0.1, 0.15) is 5.56 Å². The van der Waals surface area contributed by atoms with Crippen molar-refractivity contribution < 1.29 is 9.85 Å². The summed E-state index contributed by atoms with van der Waals surface area (Å²) >= 11 is 0. The van der Waals surface area contributed by atoms with Crippen molar-refractivity contribution in [1.82, 2.24) is 4.57 Å². The van der Waals surface area contributed by atoms with E-state index in [-0.39, 0.29) is 17.1 Å². The number of benzene rings is 4. The van der Waals surface area contributed by atoms with Crippen LogP contribution in [0.4, 0.5) is 17.1 Å². The highest BCUT2D eigenvalue weighted by molar-refractivity contribution is 5.95. The Hall–Kier alpha value is -5.37. The Morgan fingerprint density at radius 3 is 1.89 bits per heavy atom. The van der Waals surface area contributed by atoms with Crippen LogP contribution in [0.25, 0.3) is 28.2 Å². The molecule has 0 atom stereocenters. The SMILES string of the molecule is O=[N+]([O-])c1ccc(-n2c(-c3ccccc3)cc(C=Nc3ccccc3[N+](=O)[O-])c2-c2ccccc2)cc1. The first-order chi connectivity index (χ1) is 18.0. The number of para-hydroxylation sites is 2. The van der Waals surface area contributed by atoms with Gasteiger partial charge in [-0.3, -0.25) is 20.2 Å². The highest BCUT2D eigenvalue weighted by Crippen LogP contribution is 2.36. The van der Waals surface area contributed by atoms with Crippen molar-refractivity contribution in [2.24, 2.45) is 4.99 Å². The van der Waals surface area contributed by atoms with Crippen molar-refractivity contribution >= 4 is 23.3 Å². The van der Waals surface area contributed by atoms with Gasteiger partial charge in [-0.05, 0) is 35.4 Å². The summed E-state index contributed by atoms with van der Waals surface area (Å²) in [5.74, 6) is 0. The van der Waals surface area contributed by atoms with E-state index in [9.17, 15) is 20.2 Å². The van der Waals surface area contributed by atoms with Gasteiger partial charge in [0, 0.05) is 35.7 Å². The lowest BCUT2D eigenvalue weighted by Crippen LogP contribution is -2.01. The molecule has 0 aliphatic rings. The third kappa shape index (κ3) is 4.76. The molecular formula is C29H20N4O4. The van der Waals surface area contributed by atoms with Crippen molar-refractivity contribution in [2.45, 2.75) is 0 Å². The van der Waals surface area contributed by atoms with E-state index in [1.807, 2.05) is 71.3 Å². The van der Waals surface area contributed by atoms with Crippen LogP contribution in [0, 0.1) is 20.2 Å². The number of nitrogens with zero attached hydrogens (tertiary/aromatic N) is 4. The van der Waals surface area contributed by atoms with Crippen LogP contribution in [-0.4, -0.2) is 20.6 Å². The summed E-state index contributed by atoms with van der Waals surface area (Å²) in [4.78, 5) is 26.4. The molecule has 0 N–H and O–H groups in total. The van der Waals surface area contributed by atoms with Crippen molar-refractivity contribution in [2.75, 3.05) is 0 Å². The lowest BCUT2D eigenvalue weighted by atomic mass is 10.1. The quantitative estimate of drug-likeness (QED) is 0.135. The molecule has 0 aliphatic heterocycles. The predicted octanol–water partition coefficient (Wildman–Crippen LogP) is 7.38. The van der Waals surface area contributed by atoms with E-state index in [1.54, 1.807) is 36.5 Å². The fraction of sp³-hybridized carbons (Fsp3) is 0. The number of hydrogen-bond donors (Lipinski definition) is 0. The third-order valence-corrected chi connectivity index (χ3v) is 5.89. The normalized spacial score (nSPS) is 11.0. The zero-order chi connectivity index (χ0) is 25.8. The van der Waals surface area contributed by atoms with Gasteiger partial charge < -0.3 is 4.57 Å². The molecule has 0 amide bonds. The van der Waals surface area contributed by atoms with E-state index in [0.717, 1.165) is 33.8 Å². The van der Waals surface area contributed by atoms with Crippen LogP contribution in [0.3, 0.4) is 0 Å². The summed E-state index contributed by atoms with van der Waals surface area (Å²) in [6.07, 6.45) is 1.62. The number of rotatable bonds is 7. The van der Waals surface area contributed by atoms with Crippen molar-refractivity contribution in [3.63, 3.8) is 0 Å². The van der Waals surface area contributed by atoms with Gasteiger partial charge >= 0.3 is 0 Å². The van der Waals surface area contributed by atoms with E-state index in [4.69, 9.17) is 0 Å². The van der Waals surface area contributed by atoms with Gasteiger partial charge in [-0.25, -0.2) is 4.99 Å². The second-order valence-electron chi connectivity index (χ2n) is 8.18. The first-order valence-corrected chi connectivity index (χ1v) is 11.4. The van der Waals surface area contributed by atoms with Gasteiger partial charge in [-0.15, -0.1) is 0 Å². The number of aliphatic imine (C=N–C) groups is 1. The summed E-state index contributed by atoms with van der Waals surface area (Å²) in [5.41, 5.74) is 5.10. The molecular weight excluding hydrogens is 468 g/mol. The molecule has 0 unspecified atom stereocenters. The molecule has 8 heteroatoms. The van der Waals surface area contributed by atoms with E-state index in [1.165, 1.54) is 18.2 Å². The summed E-state index contributed by atoms with van der Waals surface area (Å²) in [6.45, 7) is 0. The minimum absolute atomic E-state index is 0.00315. The van der Waals surface area contributed by atoms with E-state index < -0.39 is 9.85 Å². The smallest absolute Gasteiger partial charge is 0.294 e. The molecule has 0 saturated heterocycles. The fourth-order valence-corrected chi connectivity index (χ4v) is 4.20. The highest BCUT2D eigenvalue weighted by Gasteiger charge is 2.20. The Kier molecular flexibility index (Phi) is 6.37. The minimum atomic E-state index is -0.456. The number of hydrogen-bond acceptors (Lipinski definition) is 5. The summed E-state index contributed by atoms with van der Waals surface area (Å²) in [7, 11) is 0. The molecule has 0 spiro atoms. The lowest BCUT2D eigenvalue weighted by Gasteiger charge is -2.15. The molecule has 8 nitrogen and oxygen atoms in total. The Balaban J connectivity index is 1.77. The largest absolute Gasteiger partial charge is 0.309 e. The van der Waals surface area contributed by atoms with Crippen LogP contribution in [0.2, 0.25) is 0 Å². The number of nitro benzene ring substituents is 2. The maximum Gasteiger partial charge on any atom is 0.294 e. The number of nitro groups is 2. The van der Waals surface area contributed by atoms with Crippen molar-refractivity contribution in [3.05, 3.63) is 141 Å². The van der Waals surface area contributed by atoms with Gasteiger partial charge in [-0.1, -0.05) is 72.8 Å². The van der Waals surface area contributed by atoms with Gasteiger partial charge in [0.2, 0.25) is 0 Å². The van der Waals surface area contributed by atoms with Crippen LogP contribution in [0.15, 0.2) is 120 Å². The maximum atomic E-state index is 11.5. The van der Waals surface area contributed by atoms with Crippen molar-refractivity contribution in [3.8, 4) is 28.2 Å². The van der Waals surface area contributed by atoms with E-state index >= 15 is 0 Å². The first kappa shape index (κ1) is 23.4. The summed E-state index contributed by atoms with van der Waals surface area (Å²) < 4.78 is 2.02. The third-order valence-electron chi connectivity index (χ3n) is 5.89. The van der Waals surface area contributed by atoms with E-state index in [0.29, 0.717) is 0 Å². The topological polar surface area (TPSA) is 104 Å². The van der Waals surface area contributed by atoms with Gasteiger partial charge in [-0.2, -0.15) is 0 Å². The molecule has 5 aromatic rings. The van der Waals surface area contributed by atoms with Gasteiger partial charge in [0.15, 0.2) is 0 Å². The second-order valence-corrected chi connectivity index (χ2v) is 8.18. The molecule has 0 bridgehead atoms. The Morgan fingerprint density at radius 1 is 0.676 bits per heavy atom. The lowest BCUT2D eigenvalue weighted by molar-refractivity contribution is -0.384. The maximum absolute atomic E-state index is 11.5. The van der Waals surface area contributed by atoms with E-state index in [2.05, 4.69) is 4.99 Å². The van der Waals surface area contributed by atoms with Crippen LogP contribution in [-0.2, 0) is 0 Å². The Morgan fingerprint density at radius 2 is 1.27 bits per heavy atom. The first-order valence-electron chi connectivity index (χ1n) is 11.4. The molecule has 180 valence electrons. The average molecular weight is 489 g/mol. The monoisotopic (exact) mass is 488 g/mol. The Bertz CT molecular complexity index is 1610. The second kappa shape index (κ2) is 10.1. The molecule has 0 aliphatic carbocycles. The van der Waals surface area contributed by atoms with Crippen LogP contribution >= 0.6 is 0 Å². The molecule has 5 rings (SSSR count). The average Bonchev–Trinajstić information content (AvgIpc) is 3.32. The highest BCUT2D eigenvalue weighted by atomic mass is 16.6.